The smallest absolute Gasteiger partial charge is 0.261 e. The molecule has 2 aromatic heterocycles. The van der Waals surface area contributed by atoms with Gasteiger partial charge in [-0.2, -0.15) is 4.98 Å². The second kappa shape index (κ2) is 5.61. The quantitative estimate of drug-likeness (QED) is 0.929. The fourth-order valence-corrected chi connectivity index (χ4v) is 2.75. The van der Waals surface area contributed by atoms with Crippen molar-refractivity contribution >= 4 is 0 Å². The summed E-state index contributed by atoms with van der Waals surface area (Å²) < 4.78 is 10.9. The van der Waals surface area contributed by atoms with Crippen LogP contribution in [0.4, 0.5) is 0 Å². The monoisotopic (exact) mass is 290 g/mol. The molecule has 3 heterocycles. The number of nitrogens with zero attached hydrogens (tertiary/aromatic N) is 3. The zero-order valence-electron chi connectivity index (χ0n) is 12.8. The number of hydrogen-bond acceptors (Lipinski definition) is 6. The van der Waals surface area contributed by atoms with Crippen molar-refractivity contribution in [1.29, 1.82) is 0 Å². The van der Waals surface area contributed by atoms with Crippen LogP contribution < -0.4 is 5.32 Å². The average molecular weight is 290 g/mol. The maximum absolute atomic E-state index is 5.47. The van der Waals surface area contributed by atoms with Crippen LogP contribution in [0.15, 0.2) is 21.3 Å². The average Bonchev–Trinajstić information content (AvgIpc) is 3.16. The summed E-state index contributed by atoms with van der Waals surface area (Å²) in [6, 6.07) is 1.88. The normalized spacial score (nSPS) is 17.3. The standard InChI is InChI=1S/C15H22N4O2/c1-4-12-11(5-10-20-12)13-17-14(18-21-13)15(2,3)19-8-6-16-7-9-19/h5,10,16H,4,6-9H2,1-3H3. The van der Waals surface area contributed by atoms with E-state index < -0.39 is 0 Å². The van der Waals surface area contributed by atoms with Crippen molar-refractivity contribution in [3.05, 3.63) is 23.9 Å². The summed E-state index contributed by atoms with van der Waals surface area (Å²) in [4.78, 5) is 6.99. The fraction of sp³-hybridized carbons (Fsp3) is 0.600. The third-order valence-corrected chi connectivity index (χ3v) is 4.18. The zero-order chi connectivity index (χ0) is 14.9. The van der Waals surface area contributed by atoms with Crippen LogP contribution in [0, 0.1) is 0 Å². The SMILES string of the molecule is CCc1occc1-c1nc(C(C)(C)N2CCNCC2)no1. The van der Waals surface area contributed by atoms with Crippen LogP contribution in [-0.4, -0.2) is 41.2 Å². The molecule has 0 saturated carbocycles. The topological polar surface area (TPSA) is 67.3 Å². The first kappa shape index (κ1) is 14.3. The molecular formula is C15H22N4O2. The molecule has 0 bridgehead atoms. The predicted octanol–water partition coefficient (Wildman–Crippen LogP) is 2.03. The molecule has 0 aliphatic carbocycles. The number of nitrogens with one attached hydrogen (secondary N) is 1. The van der Waals surface area contributed by atoms with Crippen LogP contribution in [0.3, 0.4) is 0 Å². The first-order chi connectivity index (χ1) is 10.1. The van der Waals surface area contributed by atoms with Crippen molar-refractivity contribution in [3.63, 3.8) is 0 Å². The lowest BCUT2D eigenvalue weighted by Crippen LogP contribution is -2.52. The van der Waals surface area contributed by atoms with Gasteiger partial charge in [0.05, 0.1) is 17.4 Å². The highest BCUT2D eigenvalue weighted by Crippen LogP contribution is 2.29. The lowest BCUT2D eigenvalue weighted by molar-refractivity contribution is 0.0925. The second-order valence-electron chi connectivity index (χ2n) is 5.83. The molecule has 0 amide bonds. The zero-order valence-corrected chi connectivity index (χ0v) is 12.8. The Morgan fingerprint density at radius 3 is 2.81 bits per heavy atom. The van der Waals surface area contributed by atoms with Crippen LogP contribution in [0.2, 0.25) is 0 Å². The molecule has 1 N–H and O–H groups in total. The highest BCUT2D eigenvalue weighted by Gasteiger charge is 2.34. The Morgan fingerprint density at radius 2 is 2.10 bits per heavy atom. The minimum absolute atomic E-state index is 0.236. The molecule has 6 nitrogen and oxygen atoms in total. The van der Waals surface area contributed by atoms with Crippen LogP contribution in [0.25, 0.3) is 11.5 Å². The molecule has 3 rings (SSSR count). The molecule has 114 valence electrons. The Balaban J connectivity index is 1.87. The van der Waals surface area contributed by atoms with Gasteiger partial charge in [0.1, 0.15) is 5.76 Å². The molecule has 1 aliphatic heterocycles. The van der Waals surface area contributed by atoms with Crippen LogP contribution in [-0.2, 0) is 12.0 Å². The molecule has 21 heavy (non-hydrogen) atoms. The summed E-state index contributed by atoms with van der Waals surface area (Å²) in [7, 11) is 0. The van der Waals surface area contributed by atoms with Crippen LogP contribution in [0.5, 0.6) is 0 Å². The second-order valence-corrected chi connectivity index (χ2v) is 5.83. The van der Waals surface area contributed by atoms with Gasteiger partial charge in [-0.15, -0.1) is 0 Å². The van der Waals surface area contributed by atoms with Gasteiger partial charge in [-0.05, 0) is 19.9 Å². The summed E-state index contributed by atoms with van der Waals surface area (Å²) in [5.74, 6) is 2.15. The van der Waals surface area contributed by atoms with Gasteiger partial charge in [0.15, 0.2) is 5.82 Å². The molecule has 6 heteroatoms. The number of hydrogen-bond donors (Lipinski definition) is 1. The lowest BCUT2D eigenvalue weighted by Gasteiger charge is -2.38. The van der Waals surface area contributed by atoms with Crippen molar-refractivity contribution in [1.82, 2.24) is 20.4 Å². The summed E-state index contributed by atoms with van der Waals surface area (Å²) in [5.41, 5.74) is 0.660. The number of aromatic nitrogens is 2. The van der Waals surface area contributed by atoms with Gasteiger partial charge < -0.3 is 14.3 Å². The van der Waals surface area contributed by atoms with Crippen LogP contribution >= 0.6 is 0 Å². The molecular weight excluding hydrogens is 268 g/mol. The first-order valence-electron chi connectivity index (χ1n) is 7.49. The van der Waals surface area contributed by atoms with E-state index in [4.69, 9.17) is 8.94 Å². The van der Waals surface area contributed by atoms with Gasteiger partial charge in [-0.1, -0.05) is 12.1 Å². The van der Waals surface area contributed by atoms with Gasteiger partial charge in [-0.25, -0.2) is 0 Å². The summed E-state index contributed by atoms with van der Waals surface area (Å²) >= 11 is 0. The van der Waals surface area contributed by atoms with Crippen molar-refractivity contribution in [2.75, 3.05) is 26.2 Å². The van der Waals surface area contributed by atoms with E-state index in [9.17, 15) is 0 Å². The molecule has 0 unspecified atom stereocenters. The Hall–Kier alpha value is -1.66. The lowest BCUT2D eigenvalue weighted by atomic mass is 10.0. The summed E-state index contributed by atoms with van der Waals surface area (Å²) in [6.45, 7) is 10.3. The van der Waals surface area contributed by atoms with E-state index in [1.54, 1.807) is 6.26 Å². The molecule has 0 atom stereocenters. The fourth-order valence-electron chi connectivity index (χ4n) is 2.75. The van der Waals surface area contributed by atoms with Crippen molar-refractivity contribution < 1.29 is 8.94 Å². The van der Waals surface area contributed by atoms with Crippen LogP contribution in [0.1, 0.15) is 32.4 Å². The molecule has 0 radical (unpaired) electrons. The number of rotatable bonds is 4. The van der Waals surface area contributed by atoms with Gasteiger partial charge in [0.2, 0.25) is 0 Å². The number of aryl methyl sites for hydroxylation is 1. The molecule has 2 aromatic rings. The molecule has 1 saturated heterocycles. The maximum Gasteiger partial charge on any atom is 0.261 e. The van der Waals surface area contributed by atoms with E-state index >= 15 is 0 Å². The third kappa shape index (κ3) is 2.61. The largest absolute Gasteiger partial charge is 0.469 e. The van der Waals surface area contributed by atoms with Crippen molar-refractivity contribution in [2.24, 2.45) is 0 Å². The Bertz CT molecular complexity index is 596. The van der Waals surface area contributed by atoms with E-state index in [-0.39, 0.29) is 5.54 Å². The third-order valence-electron chi connectivity index (χ3n) is 4.18. The number of furan rings is 1. The van der Waals surface area contributed by atoms with Gasteiger partial charge in [-0.3, -0.25) is 4.90 Å². The number of piperazine rings is 1. The highest BCUT2D eigenvalue weighted by molar-refractivity contribution is 5.55. The van der Waals surface area contributed by atoms with E-state index in [2.05, 4.69) is 34.2 Å². The van der Waals surface area contributed by atoms with E-state index in [1.807, 2.05) is 13.0 Å². The summed E-state index contributed by atoms with van der Waals surface area (Å²) in [5, 5.41) is 7.57. The Morgan fingerprint density at radius 1 is 1.33 bits per heavy atom. The minimum Gasteiger partial charge on any atom is -0.469 e. The van der Waals surface area contributed by atoms with Crippen molar-refractivity contribution in [2.45, 2.75) is 32.7 Å². The predicted molar refractivity (Wildman–Crippen MR) is 78.8 cm³/mol. The Labute approximate surface area is 124 Å². The summed E-state index contributed by atoms with van der Waals surface area (Å²) in [6.07, 6.45) is 2.47. The molecule has 0 aromatic carbocycles. The maximum atomic E-state index is 5.47. The van der Waals surface area contributed by atoms with Gasteiger partial charge in [0.25, 0.3) is 5.89 Å². The molecule has 0 spiro atoms. The van der Waals surface area contributed by atoms with Gasteiger partial charge >= 0.3 is 0 Å². The molecule has 1 fully saturated rings. The Kier molecular flexibility index (Phi) is 3.82. The van der Waals surface area contributed by atoms with Crippen molar-refractivity contribution in [3.8, 4) is 11.5 Å². The molecule has 1 aliphatic rings. The van der Waals surface area contributed by atoms with E-state index in [0.29, 0.717) is 5.89 Å². The highest BCUT2D eigenvalue weighted by atomic mass is 16.5. The minimum atomic E-state index is -0.236. The van der Waals surface area contributed by atoms with E-state index in [1.165, 1.54) is 0 Å². The van der Waals surface area contributed by atoms with Gasteiger partial charge in [0, 0.05) is 32.6 Å². The van der Waals surface area contributed by atoms with E-state index in [0.717, 1.165) is 49.7 Å². The first-order valence-corrected chi connectivity index (χ1v) is 7.49.